The van der Waals surface area contributed by atoms with Crippen molar-refractivity contribution < 1.29 is 13.2 Å². The van der Waals surface area contributed by atoms with Gasteiger partial charge in [-0.25, -0.2) is 4.98 Å². The molecule has 0 amide bonds. The smallest absolute Gasteiger partial charge is 0.398 e. The lowest BCUT2D eigenvalue weighted by Crippen LogP contribution is -2.20. The molecule has 1 aromatic heterocycles. The minimum Gasteiger partial charge on any atom is -0.398 e. The molecule has 20 heavy (non-hydrogen) atoms. The molecule has 0 atom stereocenters. The highest BCUT2D eigenvalue weighted by molar-refractivity contribution is 5.59. The molecule has 2 aromatic rings. The van der Waals surface area contributed by atoms with Gasteiger partial charge in [0, 0.05) is 37.9 Å². The Hall–Kier alpha value is -2.18. The van der Waals surface area contributed by atoms with Gasteiger partial charge in [0.15, 0.2) is 0 Å². The third-order valence-electron chi connectivity index (χ3n) is 3.08. The average molecular weight is 284 g/mol. The number of benzene rings is 1. The van der Waals surface area contributed by atoms with Crippen molar-refractivity contribution >= 4 is 11.4 Å². The summed E-state index contributed by atoms with van der Waals surface area (Å²) < 4.78 is 40.3. The number of nitrogens with zero attached hydrogens (tertiary/aromatic N) is 3. The van der Waals surface area contributed by atoms with Gasteiger partial charge in [-0.05, 0) is 18.2 Å². The van der Waals surface area contributed by atoms with Crippen molar-refractivity contribution in [3.63, 3.8) is 0 Å². The van der Waals surface area contributed by atoms with Gasteiger partial charge >= 0.3 is 6.18 Å². The first kappa shape index (κ1) is 14.2. The minimum absolute atomic E-state index is 0.272. The molecule has 0 fully saturated rings. The van der Waals surface area contributed by atoms with E-state index in [2.05, 4.69) is 4.98 Å². The van der Waals surface area contributed by atoms with Crippen molar-refractivity contribution in [2.45, 2.75) is 12.7 Å². The monoisotopic (exact) mass is 284 g/mol. The molecule has 0 unspecified atom stereocenters. The molecule has 0 bridgehead atoms. The lowest BCUT2D eigenvalue weighted by atomic mass is 10.1. The predicted molar refractivity (Wildman–Crippen MR) is 71.2 cm³/mol. The Bertz CT molecular complexity index is 604. The molecule has 0 saturated carbocycles. The number of alkyl halides is 3. The molecular weight excluding hydrogens is 269 g/mol. The molecular formula is C13H15F3N4. The van der Waals surface area contributed by atoms with E-state index in [1.54, 1.807) is 30.4 Å². The zero-order valence-corrected chi connectivity index (χ0v) is 11.1. The zero-order valence-electron chi connectivity index (χ0n) is 11.1. The highest BCUT2D eigenvalue weighted by Gasteiger charge is 2.33. The number of hydrogen-bond donors (Lipinski definition) is 1. The van der Waals surface area contributed by atoms with Gasteiger partial charge in [0.25, 0.3) is 0 Å². The Kier molecular flexibility index (Phi) is 3.61. The number of anilines is 2. The number of hydrogen-bond acceptors (Lipinski definition) is 3. The minimum atomic E-state index is -4.45. The van der Waals surface area contributed by atoms with Crippen molar-refractivity contribution in [2.75, 3.05) is 17.7 Å². The van der Waals surface area contributed by atoms with E-state index in [0.717, 1.165) is 11.9 Å². The molecule has 108 valence electrons. The topological polar surface area (TPSA) is 47.1 Å². The highest BCUT2D eigenvalue weighted by Crippen LogP contribution is 2.35. The summed E-state index contributed by atoms with van der Waals surface area (Å²) >= 11 is 0. The summed E-state index contributed by atoms with van der Waals surface area (Å²) in [6.45, 7) is 0.407. The maximum absolute atomic E-state index is 12.8. The van der Waals surface area contributed by atoms with Crippen LogP contribution in [-0.4, -0.2) is 16.6 Å². The number of halogens is 3. The first-order valence-corrected chi connectivity index (χ1v) is 5.93. The molecule has 0 aliphatic heterocycles. The van der Waals surface area contributed by atoms with Gasteiger partial charge in [0.2, 0.25) is 0 Å². The van der Waals surface area contributed by atoms with E-state index < -0.39 is 11.7 Å². The summed E-state index contributed by atoms with van der Waals surface area (Å²) in [4.78, 5) is 5.84. The molecule has 2 rings (SSSR count). The van der Waals surface area contributed by atoms with Crippen LogP contribution in [0.2, 0.25) is 0 Å². The summed E-state index contributed by atoms with van der Waals surface area (Å²) in [7, 11) is 3.54. The van der Waals surface area contributed by atoms with E-state index in [0.29, 0.717) is 12.2 Å². The number of aromatic nitrogens is 2. The maximum atomic E-state index is 12.8. The van der Waals surface area contributed by atoms with Gasteiger partial charge in [-0.2, -0.15) is 13.2 Å². The molecule has 0 aliphatic carbocycles. The normalized spacial score (nSPS) is 11.7. The molecule has 7 heteroatoms. The standard InChI is InChI=1S/C13H15F3N4/c1-19-6-5-18-12(19)8-20(2)9-3-4-11(17)10(7-9)13(14,15)16/h3-7H,8,17H2,1-2H3. The third kappa shape index (κ3) is 2.87. The predicted octanol–water partition coefficient (Wildman–Crippen LogP) is 2.66. The maximum Gasteiger partial charge on any atom is 0.418 e. The molecule has 1 heterocycles. The van der Waals surface area contributed by atoms with Crippen LogP contribution in [0.1, 0.15) is 11.4 Å². The second-order valence-electron chi connectivity index (χ2n) is 4.58. The first-order valence-electron chi connectivity index (χ1n) is 5.93. The van der Waals surface area contributed by atoms with Crippen molar-refractivity contribution in [3.8, 4) is 0 Å². The number of rotatable bonds is 3. The Labute approximate surface area is 114 Å². The van der Waals surface area contributed by atoms with Crippen molar-refractivity contribution in [1.82, 2.24) is 9.55 Å². The zero-order chi connectivity index (χ0) is 14.9. The van der Waals surface area contributed by atoms with Crippen LogP contribution in [0.25, 0.3) is 0 Å². The fourth-order valence-electron chi connectivity index (χ4n) is 1.88. The van der Waals surface area contributed by atoms with Crippen molar-refractivity contribution in [3.05, 3.63) is 42.0 Å². The van der Waals surface area contributed by atoms with Crippen molar-refractivity contribution in [1.29, 1.82) is 0 Å². The molecule has 4 nitrogen and oxygen atoms in total. The summed E-state index contributed by atoms with van der Waals surface area (Å²) in [5.41, 5.74) is 4.73. The van der Waals surface area contributed by atoms with E-state index >= 15 is 0 Å². The molecule has 0 radical (unpaired) electrons. The van der Waals surface area contributed by atoms with E-state index in [1.165, 1.54) is 6.07 Å². The first-order chi connectivity index (χ1) is 9.29. The van der Waals surface area contributed by atoms with Gasteiger partial charge in [-0.3, -0.25) is 0 Å². The molecule has 0 saturated heterocycles. The fourth-order valence-corrected chi connectivity index (χ4v) is 1.88. The van der Waals surface area contributed by atoms with E-state index in [4.69, 9.17) is 5.73 Å². The lowest BCUT2D eigenvalue weighted by molar-refractivity contribution is -0.136. The number of nitrogens with two attached hydrogens (primary N) is 1. The van der Waals surface area contributed by atoms with Crippen LogP contribution in [0.15, 0.2) is 30.6 Å². The van der Waals surface area contributed by atoms with Crippen LogP contribution in [0.3, 0.4) is 0 Å². The Balaban J connectivity index is 2.27. The summed E-state index contributed by atoms with van der Waals surface area (Å²) in [6.07, 6.45) is -1.02. The Morgan fingerprint density at radius 3 is 2.60 bits per heavy atom. The second kappa shape index (κ2) is 5.07. The SMILES string of the molecule is CN(Cc1nccn1C)c1ccc(N)c(C(F)(F)F)c1. The van der Waals surface area contributed by atoms with Gasteiger partial charge in [0.05, 0.1) is 12.1 Å². The van der Waals surface area contributed by atoms with E-state index in [1.807, 2.05) is 11.6 Å². The van der Waals surface area contributed by atoms with Gasteiger partial charge in [-0.1, -0.05) is 0 Å². The van der Waals surface area contributed by atoms with E-state index in [-0.39, 0.29) is 5.69 Å². The summed E-state index contributed by atoms with van der Waals surface area (Å²) in [5, 5.41) is 0. The Morgan fingerprint density at radius 1 is 1.35 bits per heavy atom. The van der Waals surface area contributed by atoms with E-state index in [9.17, 15) is 13.2 Å². The summed E-state index contributed by atoms with van der Waals surface area (Å²) in [6, 6.07) is 3.89. The third-order valence-corrected chi connectivity index (χ3v) is 3.08. The van der Waals surface area contributed by atoms with Crippen molar-refractivity contribution in [2.24, 2.45) is 7.05 Å². The molecule has 1 aromatic carbocycles. The van der Waals surface area contributed by atoms with Crippen LogP contribution in [0, 0.1) is 0 Å². The lowest BCUT2D eigenvalue weighted by Gasteiger charge is -2.21. The average Bonchev–Trinajstić information content (AvgIpc) is 2.74. The Morgan fingerprint density at radius 2 is 2.05 bits per heavy atom. The second-order valence-corrected chi connectivity index (χ2v) is 4.58. The van der Waals surface area contributed by atoms with Crippen LogP contribution in [0.4, 0.5) is 24.5 Å². The molecule has 0 spiro atoms. The molecule has 0 aliphatic rings. The van der Waals surface area contributed by atoms with Gasteiger partial charge in [0.1, 0.15) is 5.82 Å². The van der Waals surface area contributed by atoms with Gasteiger partial charge in [-0.15, -0.1) is 0 Å². The van der Waals surface area contributed by atoms with Gasteiger partial charge < -0.3 is 15.2 Å². The van der Waals surface area contributed by atoms with Crippen LogP contribution < -0.4 is 10.6 Å². The summed E-state index contributed by atoms with van der Waals surface area (Å²) in [5.74, 6) is 0.762. The van der Waals surface area contributed by atoms with Crippen LogP contribution >= 0.6 is 0 Å². The fraction of sp³-hybridized carbons (Fsp3) is 0.308. The highest BCUT2D eigenvalue weighted by atomic mass is 19.4. The largest absolute Gasteiger partial charge is 0.418 e. The number of nitrogen functional groups attached to an aromatic ring is 1. The molecule has 2 N–H and O–H groups in total. The van der Waals surface area contributed by atoms with Crippen LogP contribution in [0.5, 0.6) is 0 Å². The quantitative estimate of drug-likeness (QED) is 0.881. The van der Waals surface area contributed by atoms with Crippen LogP contribution in [-0.2, 0) is 19.8 Å². The number of aryl methyl sites for hydroxylation is 1. The number of imidazole rings is 1.